The van der Waals surface area contributed by atoms with E-state index >= 15 is 0 Å². The molecule has 0 aromatic carbocycles. The van der Waals surface area contributed by atoms with E-state index in [1.807, 2.05) is 6.07 Å². The third kappa shape index (κ3) is 3.45. The van der Waals surface area contributed by atoms with Gasteiger partial charge in [0.1, 0.15) is 11.3 Å². The molecule has 2 N–H and O–H groups in total. The van der Waals surface area contributed by atoms with Crippen LogP contribution in [0.2, 0.25) is 0 Å². The molecule has 0 radical (unpaired) electrons. The summed E-state index contributed by atoms with van der Waals surface area (Å²) in [4.78, 5) is 27.5. The number of amides is 2. The van der Waals surface area contributed by atoms with Gasteiger partial charge in [-0.25, -0.2) is 4.98 Å². The van der Waals surface area contributed by atoms with Gasteiger partial charge in [-0.3, -0.25) is 14.0 Å². The highest BCUT2D eigenvalue weighted by atomic mass is 19.4. The van der Waals surface area contributed by atoms with Crippen LogP contribution in [-0.4, -0.2) is 39.8 Å². The number of rotatable bonds is 6. The van der Waals surface area contributed by atoms with E-state index in [4.69, 9.17) is 0 Å². The highest BCUT2D eigenvalue weighted by Gasteiger charge is 2.63. The topological polar surface area (TPSA) is 75.5 Å². The molecule has 27 heavy (non-hydrogen) atoms. The molecule has 1 aliphatic heterocycles. The number of hydrogen-bond donors (Lipinski definition) is 2. The lowest BCUT2D eigenvalue weighted by Gasteiger charge is -2.18. The molecular weight excluding hydrogens is 375 g/mol. The third-order valence-electron chi connectivity index (χ3n) is 4.21. The van der Waals surface area contributed by atoms with Gasteiger partial charge in [0.25, 0.3) is 11.8 Å². The number of alkyl halides is 5. The van der Waals surface area contributed by atoms with Crippen LogP contribution in [-0.2, 0) is 17.8 Å². The molecule has 0 atom stereocenters. The Morgan fingerprint density at radius 2 is 1.96 bits per heavy atom. The quantitative estimate of drug-likeness (QED) is 0.587. The van der Waals surface area contributed by atoms with Crippen molar-refractivity contribution < 1.29 is 31.5 Å². The fourth-order valence-electron chi connectivity index (χ4n) is 2.87. The van der Waals surface area contributed by atoms with Crippen molar-refractivity contribution in [1.29, 1.82) is 0 Å². The number of hydrogen-bond acceptors (Lipinski definition) is 3. The average molecular weight is 390 g/mol. The monoisotopic (exact) mass is 390 g/mol. The maximum Gasteiger partial charge on any atom is 0.463 e. The number of aryl methyl sites for hydroxylation is 1. The predicted molar refractivity (Wildman–Crippen MR) is 83.3 cm³/mol. The Morgan fingerprint density at radius 3 is 2.67 bits per heavy atom. The molecule has 2 amide bonds. The molecule has 3 heterocycles. The fraction of sp³-hybridized carbons (Fsp3) is 0.438. The van der Waals surface area contributed by atoms with Crippen molar-refractivity contribution in [3.8, 4) is 0 Å². The minimum Gasteiger partial charge on any atom is -0.351 e. The van der Waals surface area contributed by atoms with Gasteiger partial charge in [0.05, 0.1) is 12.2 Å². The number of unbranched alkanes of at least 4 members (excludes halogenated alkanes) is 1. The van der Waals surface area contributed by atoms with Crippen molar-refractivity contribution in [3.05, 3.63) is 35.3 Å². The lowest BCUT2D eigenvalue weighted by Crippen LogP contribution is -2.50. The summed E-state index contributed by atoms with van der Waals surface area (Å²) >= 11 is 0. The second-order valence-electron chi connectivity index (χ2n) is 6.09. The zero-order valence-corrected chi connectivity index (χ0v) is 13.9. The molecule has 0 saturated heterocycles. The lowest BCUT2D eigenvalue weighted by atomic mass is 10.1. The molecule has 3 rings (SSSR count). The Bertz CT molecular complexity index is 891. The highest BCUT2D eigenvalue weighted by molar-refractivity contribution is 5.95. The maximum absolute atomic E-state index is 12.8. The number of nitrogens with zero attached hydrogens (tertiary/aromatic N) is 2. The summed E-state index contributed by atoms with van der Waals surface area (Å²) < 4.78 is 63.6. The van der Waals surface area contributed by atoms with Gasteiger partial charge in [-0.15, -0.1) is 0 Å². The van der Waals surface area contributed by atoms with Crippen LogP contribution in [0.25, 0.3) is 5.65 Å². The molecule has 0 spiro atoms. The summed E-state index contributed by atoms with van der Waals surface area (Å²) in [6.07, 6.45) is -5.12. The molecule has 2 aromatic rings. The normalized spacial score (nSPS) is 14.3. The first kappa shape index (κ1) is 19.1. The van der Waals surface area contributed by atoms with Crippen molar-refractivity contribution in [1.82, 2.24) is 20.0 Å². The lowest BCUT2D eigenvalue weighted by molar-refractivity contribution is -0.269. The zero-order valence-electron chi connectivity index (χ0n) is 13.9. The summed E-state index contributed by atoms with van der Waals surface area (Å²) in [6, 6.07) is 5.39. The zero-order chi connectivity index (χ0) is 19.8. The van der Waals surface area contributed by atoms with Crippen molar-refractivity contribution in [2.45, 2.75) is 37.9 Å². The minimum absolute atomic E-state index is 0.154. The Labute approximate surface area is 149 Å². The van der Waals surface area contributed by atoms with E-state index in [0.717, 1.165) is 5.69 Å². The molecule has 11 heteroatoms. The van der Waals surface area contributed by atoms with Gasteiger partial charge in [-0.05, 0) is 31.4 Å². The molecule has 6 nitrogen and oxygen atoms in total. The highest BCUT2D eigenvalue weighted by Crippen LogP contribution is 2.35. The Kier molecular flexibility index (Phi) is 4.79. The van der Waals surface area contributed by atoms with E-state index < -0.39 is 18.0 Å². The van der Waals surface area contributed by atoms with Gasteiger partial charge in [-0.1, -0.05) is 6.07 Å². The smallest absolute Gasteiger partial charge is 0.351 e. The molecule has 0 fully saturated rings. The first-order valence-corrected chi connectivity index (χ1v) is 8.13. The standard InChI is InChI=1S/C16H15F5N4O2/c17-15(18,16(19,20)21)14(27)22-7-2-1-5-10-12-13(26)23-8-9-4-3-6-11(24-10)25(9)12/h3-4,6H,1-2,5,7-8H2,(H,22,27)(H,23,26). The number of imidazole rings is 1. The first-order valence-electron chi connectivity index (χ1n) is 8.13. The first-order chi connectivity index (χ1) is 12.6. The van der Waals surface area contributed by atoms with E-state index in [1.165, 1.54) is 0 Å². The van der Waals surface area contributed by atoms with Crippen molar-refractivity contribution >= 4 is 17.5 Å². The molecule has 146 valence electrons. The van der Waals surface area contributed by atoms with Gasteiger partial charge >= 0.3 is 12.1 Å². The van der Waals surface area contributed by atoms with Crippen LogP contribution in [0.3, 0.4) is 0 Å². The summed E-state index contributed by atoms with van der Waals surface area (Å²) in [7, 11) is 0. The van der Waals surface area contributed by atoms with Gasteiger partial charge in [0, 0.05) is 12.2 Å². The van der Waals surface area contributed by atoms with Gasteiger partial charge in [0.2, 0.25) is 0 Å². The predicted octanol–water partition coefficient (Wildman–Crippen LogP) is 2.21. The van der Waals surface area contributed by atoms with Crippen LogP contribution in [0.5, 0.6) is 0 Å². The Balaban J connectivity index is 1.58. The van der Waals surface area contributed by atoms with E-state index in [9.17, 15) is 31.5 Å². The summed E-state index contributed by atoms with van der Waals surface area (Å²) in [6.45, 7) is 0.0308. The van der Waals surface area contributed by atoms with Crippen LogP contribution in [0.15, 0.2) is 18.2 Å². The third-order valence-corrected chi connectivity index (χ3v) is 4.21. The van der Waals surface area contributed by atoms with Crippen LogP contribution >= 0.6 is 0 Å². The number of pyridine rings is 1. The number of nitrogens with one attached hydrogen (secondary N) is 2. The molecule has 0 unspecified atom stereocenters. The van der Waals surface area contributed by atoms with Crippen molar-refractivity contribution in [3.63, 3.8) is 0 Å². The summed E-state index contributed by atoms with van der Waals surface area (Å²) in [5, 5.41) is 4.31. The van der Waals surface area contributed by atoms with Crippen LogP contribution < -0.4 is 10.6 Å². The molecule has 1 aliphatic rings. The van der Waals surface area contributed by atoms with Gasteiger partial charge in [0.15, 0.2) is 0 Å². The van der Waals surface area contributed by atoms with Crippen molar-refractivity contribution in [2.75, 3.05) is 6.54 Å². The van der Waals surface area contributed by atoms with E-state index in [1.54, 1.807) is 21.9 Å². The maximum atomic E-state index is 12.8. The SMILES string of the molecule is O=C1NCc2cccc3nc(CCCCNC(=O)C(F)(F)C(F)(F)F)c1n23. The second-order valence-corrected chi connectivity index (χ2v) is 6.09. The summed E-state index contributed by atoms with van der Waals surface area (Å²) in [5.41, 5.74) is 2.36. The Morgan fingerprint density at radius 1 is 1.22 bits per heavy atom. The molecule has 0 bridgehead atoms. The van der Waals surface area contributed by atoms with Crippen molar-refractivity contribution in [2.24, 2.45) is 0 Å². The van der Waals surface area contributed by atoms with Crippen LogP contribution in [0.4, 0.5) is 22.0 Å². The number of aromatic nitrogens is 2. The van der Waals surface area contributed by atoms with Gasteiger partial charge in [-0.2, -0.15) is 22.0 Å². The number of carbonyl (C=O) groups excluding carboxylic acids is 2. The molecule has 0 aliphatic carbocycles. The van der Waals surface area contributed by atoms with E-state index in [0.29, 0.717) is 36.4 Å². The van der Waals surface area contributed by atoms with Crippen LogP contribution in [0.1, 0.15) is 34.7 Å². The van der Waals surface area contributed by atoms with E-state index in [-0.39, 0.29) is 18.9 Å². The largest absolute Gasteiger partial charge is 0.463 e. The molecule has 2 aromatic heterocycles. The molecule has 0 saturated carbocycles. The van der Waals surface area contributed by atoms with E-state index in [2.05, 4.69) is 10.3 Å². The fourth-order valence-corrected chi connectivity index (χ4v) is 2.87. The molecular formula is C16H15F5N4O2. The van der Waals surface area contributed by atoms with Crippen LogP contribution in [0, 0.1) is 0 Å². The minimum atomic E-state index is -5.93. The number of halogens is 5. The summed E-state index contributed by atoms with van der Waals surface area (Å²) in [5.74, 6) is -8.08. The van der Waals surface area contributed by atoms with Gasteiger partial charge < -0.3 is 10.6 Å². The average Bonchev–Trinajstić information content (AvgIpc) is 2.97. The second kappa shape index (κ2) is 6.78. The number of carbonyl (C=O) groups is 2. The Hall–Kier alpha value is -2.72.